The fraction of sp³-hybridized carbons (Fsp3) is 0.783. The molecule has 0 aliphatic carbocycles. The van der Waals surface area contributed by atoms with Crippen LogP contribution in [0.1, 0.15) is 65.4 Å². The summed E-state index contributed by atoms with van der Waals surface area (Å²) < 4.78 is 5.89. The first kappa shape index (κ1) is 23.7. The van der Waals surface area contributed by atoms with E-state index in [4.69, 9.17) is 10.5 Å². The molecule has 2 aliphatic heterocycles. The summed E-state index contributed by atoms with van der Waals surface area (Å²) in [6.07, 6.45) is 5.49. The molecule has 174 valence electrons. The summed E-state index contributed by atoms with van der Waals surface area (Å²) in [4.78, 5) is 28.3. The van der Waals surface area contributed by atoms with Gasteiger partial charge in [0.25, 0.3) is 0 Å². The van der Waals surface area contributed by atoms with Crippen LogP contribution in [0.25, 0.3) is 0 Å². The van der Waals surface area contributed by atoms with Gasteiger partial charge in [-0.2, -0.15) is 9.97 Å². The number of amides is 1. The van der Waals surface area contributed by atoms with Crippen molar-refractivity contribution >= 4 is 17.5 Å². The molecule has 8 heteroatoms. The van der Waals surface area contributed by atoms with E-state index in [-0.39, 0.29) is 24.4 Å². The van der Waals surface area contributed by atoms with Gasteiger partial charge in [-0.15, -0.1) is 0 Å². The maximum atomic E-state index is 12.6. The van der Waals surface area contributed by atoms with Crippen LogP contribution in [-0.2, 0) is 11.2 Å². The third-order valence-corrected chi connectivity index (χ3v) is 6.40. The Bertz CT molecular complexity index is 733. The first-order valence-corrected chi connectivity index (χ1v) is 12.0. The van der Waals surface area contributed by atoms with Crippen molar-refractivity contribution < 1.29 is 9.53 Å². The summed E-state index contributed by atoms with van der Waals surface area (Å²) in [5.74, 6) is 1.06. The van der Waals surface area contributed by atoms with Crippen LogP contribution in [0.4, 0.5) is 11.6 Å². The summed E-state index contributed by atoms with van der Waals surface area (Å²) in [6.45, 7) is 15.0. The molecular weight excluding hydrogens is 392 g/mol. The van der Waals surface area contributed by atoms with Crippen molar-refractivity contribution in [2.45, 2.75) is 78.4 Å². The third kappa shape index (κ3) is 6.29. The number of rotatable bonds is 11. The van der Waals surface area contributed by atoms with E-state index >= 15 is 0 Å². The van der Waals surface area contributed by atoms with E-state index < -0.39 is 0 Å². The van der Waals surface area contributed by atoms with E-state index in [1.165, 1.54) is 0 Å². The molecular formula is C23H40N6O2. The van der Waals surface area contributed by atoms with Gasteiger partial charge in [0.2, 0.25) is 5.91 Å². The second-order valence-electron chi connectivity index (χ2n) is 9.16. The minimum atomic E-state index is 0.0270. The predicted octanol–water partition coefficient (Wildman–Crippen LogP) is 2.71. The van der Waals surface area contributed by atoms with Crippen LogP contribution < -0.4 is 15.4 Å². The zero-order valence-corrected chi connectivity index (χ0v) is 19.8. The Morgan fingerprint density at radius 3 is 2.42 bits per heavy atom. The van der Waals surface area contributed by atoms with Gasteiger partial charge in [-0.25, -0.2) is 0 Å². The minimum Gasteiger partial charge on any atom is -0.460 e. The molecule has 1 aromatic rings. The number of piperazine rings is 1. The highest BCUT2D eigenvalue weighted by Gasteiger charge is 2.32. The summed E-state index contributed by atoms with van der Waals surface area (Å²) in [5, 5.41) is 0. The first-order valence-electron chi connectivity index (χ1n) is 12.0. The monoisotopic (exact) mass is 432 g/mol. The zero-order chi connectivity index (χ0) is 22.4. The van der Waals surface area contributed by atoms with Crippen molar-refractivity contribution in [3.05, 3.63) is 5.56 Å². The molecule has 1 aromatic heterocycles. The van der Waals surface area contributed by atoms with Crippen LogP contribution >= 0.6 is 0 Å². The number of aromatic nitrogens is 2. The Hall–Kier alpha value is -1.93. The fourth-order valence-electron chi connectivity index (χ4n) is 4.35. The lowest BCUT2D eigenvalue weighted by molar-refractivity contribution is -0.117. The molecule has 3 rings (SSSR count). The molecule has 2 aliphatic rings. The van der Waals surface area contributed by atoms with Gasteiger partial charge in [-0.05, 0) is 46.6 Å². The summed E-state index contributed by atoms with van der Waals surface area (Å²) in [5.41, 5.74) is 6.88. The smallest absolute Gasteiger partial charge is 0.320 e. The third-order valence-electron chi connectivity index (χ3n) is 6.40. The summed E-state index contributed by atoms with van der Waals surface area (Å²) >= 11 is 0. The largest absolute Gasteiger partial charge is 0.460 e. The lowest BCUT2D eigenvalue weighted by Gasteiger charge is -2.37. The molecule has 0 radical (unpaired) electrons. The van der Waals surface area contributed by atoms with E-state index in [9.17, 15) is 4.79 Å². The maximum Gasteiger partial charge on any atom is 0.320 e. The Balaban J connectivity index is 1.51. The maximum absolute atomic E-state index is 12.6. The summed E-state index contributed by atoms with van der Waals surface area (Å²) in [6, 6.07) is 0.906. The van der Waals surface area contributed by atoms with Crippen molar-refractivity contribution in [1.29, 1.82) is 0 Å². The van der Waals surface area contributed by atoms with Crippen molar-refractivity contribution in [1.82, 2.24) is 19.8 Å². The van der Waals surface area contributed by atoms with E-state index in [2.05, 4.69) is 40.5 Å². The van der Waals surface area contributed by atoms with Gasteiger partial charge in [0, 0.05) is 44.3 Å². The Morgan fingerprint density at radius 2 is 1.74 bits per heavy atom. The molecule has 0 unspecified atom stereocenters. The molecule has 1 saturated heterocycles. The molecule has 31 heavy (non-hydrogen) atoms. The van der Waals surface area contributed by atoms with Gasteiger partial charge in [-0.3, -0.25) is 14.6 Å². The topological polar surface area (TPSA) is 87.8 Å². The molecule has 0 bridgehead atoms. The second-order valence-corrected chi connectivity index (χ2v) is 9.16. The van der Waals surface area contributed by atoms with Crippen LogP contribution in [0.2, 0.25) is 0 Å². The second kappa shape index (κ2) is 11.1. The number of unbranched alkanes of at least 4 members (excludes halogenated alkanes) is 2. The highest BCUT2D eigenvalue weighted by Crippen LogP contribution is 2.32. The van der Waals surface area contributed by atoms with E-state index in [1.807, 2.05) is 6.92 Å². The Morgan fingerprint density at radius 1 is 1.03 bits per heavy atom. The first-order chi connectivity index (χ1) is 14.9. The van der Waals surface area contributed by atoms with Crippen LogP contribution in [0.5, 0.6) is 6.01 Å². The predicted molar refractivity (Wildman–Crippen MR) is 124 cm³/mol. The number of ether oxygens (including phenoxy) is 1. The van der Waals surface area contributed by atoms with Gasteiger partial charge in [0.05, 0.1) is 12.5 Å². The van der Waals surface area contributed by atoms with Gasteiger partial charge < -0.3 is 15.4 Å². The Kier molecular flexibility index (Phi) is 8.49. The SMILES string of the molecule is CCCC[C@H](C)Oc1nc(N)c2c(n1)N(CCCCN1CCN(C(C)C)CC1)C(=O)C2. The van der Waals surface area contributed by atoms with Crippen molar-refractivity contribution in [2.75, 3.05) is 49.9 Å². The summed E-state index contributed by atoms with van der Waals surface area (Å²) in [7, 11) is 0. The Labute approximate surface area is 187 Å². The fourth-order valence-corrected chi connectivity index (χ4v) is 4.35. The molecule has 0 aromatic carbocycles. The number of hydrogen-bond acceptors (Lipinski definition) is 7. The minimum absolute atomic E-state index is 0.0270. The van der Waals surface area contributed by atoms with E-state index in [1.54, 1.807) is 4.90 Å². The van der Waals surface area contributed by atoms with Crippen molar-refractivity contribution in [3.8, 4) is 6.01 Å². The van der Waals surface area contributed by atoms with Gasteiger partial charge in [0.15, 0.2) is 0 Å². The molecule has 0 saturated carbocycles. The molecule has 3 heterocycles. The van der Waals surface area contributed by atoms with E-state index in [0.29, 0.717) is 24.2 Å². The van der Waals surface area contributed by atoms with Crippen LogP contribution in [0.15, 0.2) is 0 Å². The molecule has 1 atom stereocenters. The number of nitrogens with two attached hydrogens (primary N) is 1. The van der Waals surface area contributed by atoms with Crippen LogP contribution in [0, 0.1) is 0 Å². The number of carbonyl (C=O) groups is 1. The van der Waals surface area contributed by atoms with E-state index in [0.717, 1.165) is 70.4 Å². The van der Waals surface area contributed by atoms with Crippen LogP contribution in [-0.4, -0.2) is 77.1 Å². The average molecular weight is 433 g/mol. The van der Waals surface area contributed by atoms with Gasteiger partial charge in [0.1, 0.15) is 11.6 Å². The molecule has 1 amide bonds. The number of nitrogen functional groups attached to an aromatic ring is 1. The van der Waals surface area contributed by atoms with Crippen molar-refractivity contribution in [3.63, 3.8) is 0 Å². The number of hydrogen-bond donors (Lipinski definition) is 1. The molecule has 2 N–H and O–H groups in total. The number of anilines is 2. The number of carbonyl (C=O) groups excluding carboxylic acids is 1. The number of fused-ring (bicyclic) bond motifs is 1. The normalized spacial score (nSPS) is 18.6. The van der Waals surface area contributed by atoms with Gasteiger partial charge in [-0.1, -0.05) is 19.8 Å². The molecule has 8 nitrogen and oxygen atoms in total. The average Bonchev–Trinajstić information content (AvgIpc) is 3.06. The molecule has 0 spiro atoms. The van der Waals surface area contributed by atoms with Crippen molar-refractivity contribution in [2.24, 2.45) is 0 Å². The standard InChI is InChI=1S/C23H40N6O2/c1-5-6-9-18(4)31-23-25-21(24)19-16-20(30)29(22(19)26-23)11-8-7-10-27-12-14-28(15-13-27)17(2)3/h17-18H,5-16H2,1-4H3,(H2,24,25,26)/t18-/m0/s1. The number of nitrogens with zero attached hydrogens (tertiary/aromatic N) is 5. The van der Waals surface area contributed by atoms with Gasteiger partial charge >= 0.3 is 6.01 Å². The highest BCUT2D eigenvalue weighted by molar-refractivity contribution is 6.01. The zero-order valence-electron chi connectivity index (χ0n) is 19.8. The highest BCUT2D eigenvalue weighted by atomic mass is 16.5. The lowest BCUT2D eigenvalue weighted by atomic mass is 10.2. The quantitative estimate of drug-likeness (QED) is 0.538. The van der Waals surface area contributed by atoms with Crippen LogP contribution in [0.3, 0.4) is 0 Å². The lowest BCUT2D eigenvalue weighted by Crippen LogP contribution is -2.49. The molecule has 1 fully saturated rings.